The largest absolute Gasteiger partial charge is 0.443 e. The molecule has 43 heavy (non-hydrogen) atoms. The number of imide groups is 1. The highest BCUT2D eigenvalue weighted by molar-refractivity contribution is 6.04. The molecule has 2 heterocycles. The predicted octanol–water partition coefficient (Wildman–Crippen LogP) is 3.23. The summed E-state index contributed by atoms with van der Waals surface area (Å²) in [5.41, 5.74) is -0.948. The second-order valence-electron chi connectivity index (χ2n) is 11.8. The van der Waals surface area contributed by atoms with Crippen LogP contribution in [0.5, 0.6) is 0 Å². The van der Waals surface area contributed by atoms with Gasteiger partial charge in [-0.2, -0.15) is 0 Å². The van der Waals surface area contributed by atoms with Gasteiger partial charge in [-0.05, 0) is 67.7 Å². The fourth-order valence-corrected chi connectivity index (χ4v) is 3.72. The van der Waals surface area contributed by atoms with Crippen molar-refractivity contribution in [2.45, 2.75) is 112 Å². The van der Waals surface area contributed by atoms with Crippen LogP contribution in [0.1, 0.15) is 94.4 Å². The van der Waals surface area contributed by atoms with Crippen LogP contribution in [0, 0.1) is 0 Å². The molecular formula is C30H54N4O9. The van der Waals surface area contributed by atoms with Gasteiger partial charge in [0.15, 0.2) is 0 Å². The monoisotopic (exact) mass is 614 g/mol. The highest BCUT2D eigenvalue weighted by atomic mass is 16.6. The van der Waals surface area contributed by atoms with Crippen molar-refractivity contribution in [1.82, 2.24) is 20.4 Å². The van der Waals surface area contributed by atoms with E-state index in [-0.39, 0.29) is 43.2 Å². The molecule has 2 saturated heterocycles. The van der Waals surface area contributed by atoms with E-state index in [9.17, 15) is 28.8 Å². The number of unbranched alkanes of at least 4 members (excludes halogenated alkanes) is 1. The highest BCUT2D eigenvalue weighted by Gasteiger charge is 2.37. The highest BCUT2D eigenvalue weighted by Crippen LogP contribution is 2.17. The van der Waals surface area contributed by atoms with Gasteiger partial charge in [-0.3, -0.25) is 24.1 Å². The molecule has 2 fully saturated rings. The first-order valence-corrected chi connectivity index (χ1v) is 15.1. The van der Waals surface area contributed by atoms with E-state index in [2.05, 4.69) is 15.4 Å². The molecule has 5 amide bonds. The van der Waals surface area contributed by atoms with Crippen LogP contribution >= 0.6 is 0 Å². The zero-order valence-corrected chi connectivity index (χ0v) is 27.6. The zero-order valence-electron chi connectivity index (χ0n) is 27.6. The number of nitrogens with one attached hydrogen (secondary N) is 2. The summed E-state index contributed by atoms with van der Waals surface area (Å²) in [6.45, 7) is 18.4. The Balaban J connectivity index is 0.00000323. The first-order chi connectivity index (χ1) is 20.0. The van der Waals surface area contributed by atoms with Crippen LogP contribution in [0.15, 0.2) is 0 Å². The molecule has 1 unspecified atom stereocenters. The second kappa shape index (κ2) is 20.0. The predicted molar refractivity (Wildman–Crippen MR) is 161 cm³/mol. The lowest BCUT2D eigenvalue weighted by Crippen LogP contribution is -2.41. The number of alkyl carbamates (subject to hydrolysis) is 1. The summed E-state index contributed by atoms with van der Waals surface area (Å²) in [4.78, 5) is 74.3. The molecule has 0 aromatic rings. The lowest BCUT2D eigenvalue weighted by atomic mass is 10.1. The van der Waals surface area contributed by atoms with Crippen molar-refractivity contribution in [3.8, 4) is 0 Å². The molecule has 2 aliphatic rings. The summed E-state index contributed by atoms with van der Waals surface area (Å²) in [5.74, 6) is -1.46. The molecular weight excluding hydrogens is 560 g/mol. The number of Topliss-reactive ketones (excluding diaryl/α,β-unsaturated/α-hetero) is 2. The summed E-state index contributed by atoms with van der Waals surface area (Å²) in [7, 11) is 0. The van der Waals surface area contributed by atoms with Gasteiger partial charge in [0.1, 0.15) is 23.2 Å². The maximum Gasteiger partial charge on any atom is 0.407 e. The van der Waals surface area contributed by atoms with E-state index in [1.54, 1.807) is 0 Å². The third kappa shape index (κ3) is 19.7. The van der Waals surface area contributed by atoms with E-state index < -0.39 is 35.6 Å². The van der Waals surface area contributed by atoms with Gasteiger partial charge < -0.3 is 29.7 Å². The first-order valence-electron chi connectivity index (χ1n) is 15.1. The van der Waals surface area contributed by atoms with Crippen molar-refractivity contribution in [2.24, 2.45) is 0 Å². The van der Waals surface area contributed by atoms with Gasteiger partial charge in [-0.1, -0.05) is 13.8 Å². The Bertz CT molecular complexity index is 910. The fraction of sp³-hybridized carbons (Fsp3) is 0.800. The van der Waals surface area contributed by atoms with E-state index in [0.717, 1.165) is 23.0 Å². The third-order valence-corrected chi connectivity index (χ3v) is 5.84. The number of ketones is 2. The van der Waals surface area contributed by atoms with E-state index >= 15 is 0 Å². The smallest absolute Gasteiger partial charge is 0.407 e. The first kappa shape index (κ1) is 39.9. The standard InChI is InChI=1S/C26H44N4O8.C2H4O.C2H6/c1-18(31)16-29(17-19(2)32)21(33)11-14-30-22(34)20(28-23(30)35)10-8-9-13-27-24(36)38-26(6,7)12-15-37-25(3,4)5;1-2-3-1;1-2/h20H,8-17H2,1-7H3,(H,27,36)(H,28,35);1-2H2;1-2H3. The molecule has 13 nitrogen and oxygen atoms in total. The molecule has 0 aromatic carbocycles. The molecule has 13 heteroatoms. The van der Waals surface area contributed by atoms with Gasteiger partial charge in [-0.15, -0.1) is 0 Å². The average Bonchev–Trinajstić information content (AvgIpc) is 3.73. The van der Waals surface area contributed by atoms with Crippen LogP contribution in [-0.2, 0) is 33.4 Å². The van der Waals surface area contributed by atoms with Crippen LogP contribution in [0.4, 0.5) is 9.59 Å². The Hall–Kier alpha value is -3.06. The normalized spacial score (nSPS) is 15.7. The van der Waals surface area contributed by atoms with Crippen molar-refractivity contribution in [2.75, 3.05) is 46.0 Å². The van der Waals surface area contributed by atoms with Gasteiger partial charge in [-0.25, -0.2) is 9.59 Å². The number of ether oxygens (including phenoxy) is 3. The Morgan fingerprint density at radius 1 is 1.00 bits per heavy atom. The van der Waals surface area contributed by atoms with E-state index in [0.29, 0.717) is 38.8 Å². The van der Waals surface area contributed by atoms with Gasteiger partial charge >= 0.3 is 12.1 Å². The van der Waals surface area contributed by atoms with Crippen LogP contribution in [0.2, 0.25) is 0 Å². The zero-order chi connectivity index (χ0) is 33.2. The number of carbonyl (C=O) groups excluding carboxylic acids is 6. The SMILES string of the molecule is C1CO1.CC.CC(=O)CN(CC(C)=O)C(=O)CCN1C(=O)NC(CCCCNC(=O)OC(C)(C)CCOC(C)(C)C)C1=O. The minimum absolute atomic E-state index is 0.143. The average molecular weight is 615 g/mol. The van der Waals surface area contributed by atoms with Crippen molar-refractivity contribution in [3.63, 3.8) is 0 Å². The fourth-order valence-electron chi connectivity index (χ4n) is 3.72. The number of hydrogen-bond acceptors (Lipinski definition) is 9. The van der Waals surface area contributed by atoms with Crippen LogP contribution in [-0.4, -0.2) is 109 Å². The number of nitrogens with zero attached hydrogens (tertiary/aromatic N) is 2. The van der Waals surface area contributed by atoms with Crippen LogP contribution < -0.4 is 10.6 Å². The molecule has 2 rings (SSSR count). The summed E-state index contributed by atoms with van der Waals surface area (Å²) in [6.07, 6.45) is 1.35. The molecule has 0 aromatic heterocycles. The Labute approximate surface area is 256 Å². The van der Waals surface area contributed by atoms with Gasteiger partial charge in [0.05, 0.1) is 38.5 Å². The van der Waals surface area contributed by atoms with Crippen molar-refractivity contribution >= 4 is 35.5 Å². The third-order valence-electron chi connectivity index (χ3n) is 5.84. The van der Waals surface area contributed by atoms with E-state index in [4.69, 9.17) is 9.47 Å². The quantitative estimate of drug-likeness (QED) is 0.151. The molecule has 0 radical (unpaired) electrons. The van der Waals surface area contributed by atoms with E-state index in [1.807, 2.05) is 48.5 Å². The number of urea groups is 1. The van der Waals surface area contributed by atoms with Crippen LogP contribution in [0.25, 0.3) is 0 Å². The van der Waals surface area contributed by atoms with Gasteiger partial charge in [0.25, 0.3) is 5.91 Å². The summed E-state index contributed by atoms with van der Waals surface area (Å²) >= 11 is 0. The minimum atomic E-state index is -0.711. The van der Waals surface area contributed by atoms with Crippen molar-refractivity contribution in [1.29, 1.82) is 0 Å². The molecule has 0 saturated carbocycles. The lowest BCUT2D eigenvalue weighted by Gasteiger charge is -2.27. The van der Waals surface area contributed by atoms with E-state index in [1.165, 1.54) is 13.8 Å². The Morgan fingerprint density at radius 2 is 1.56 bits per heavy atom. The number of carbonyl (C=O) groups is 6. The molecule has 248 valence electrons. The lowest BCUT2D eigenvalue weighted by molar-refractivity contribution is -0.138. The Kier molecular flexibility index (Phi) is 18.6. The molecule has 2 aliphatic heterocycles. The maximum atomic E-state index is 12.6. The topological polar surface area (TPSA) is 164 Å². The minimum Gasteiger partial charge on any atom is -0.443 e. The molecule has 0 bridgehead atoms. The molecule has 0 spiro atoms. The molecule has 2 N–H and O–H groups in total. The second-order valence-corrected chi connectivity index (χ2v) is 11.8. The molecule has 1 atom stereocenters. The maximum absolute atomic E-state index is 12.6. The van der Waals surface area contributed by atoms with Gasteiger partial charge in [0, 0.05) is 25.9 Å². The number of rotatable bonds is 16. The van der Waals surface area contributed by atoms with Gasteiger partial charge in [0.2, 0.25) is 5.91 Å². The number of epoxide rings is 1. The summed E-state index contributed by atoms with van der Waals surface area (Å²) < 4.78 is 15.6. The van der Waals surface area contributed by atoms with Crippen molar-refractivity contribution in [3.05, 3.63) is 0 Å². The number of amides is 5. The summed E-state index contributed by atoms with van der Waals surface area (Å²) in [5, 5.41) is 5.31. The molecule has 0 aliphatic carbocycles. The summed E-state index contributed by atoms with van der Waals surface area (Å²) in [6, 6.07) is -1.30. The number of hydrogen-bond donors (Lipinski definition) is 2. The Morgan fingerprint density at radius 3 is 2.05 bits per heavy atom. The van der Waals surface area contributed by atoms with Crippen molar-refractivity contribution < 1.29 is 43.0 Å². The van der Waals surface area contributed by atoms with Crippen LogP contribution in [0.3, 0.4) is 0 Å².